The van der Waals surface area contributed by atoms with E-state index >= 15 is 0 Å². The molecule has 1 aliphatic carbocycles. The molecule has 30 heavy (non-hydrogen) atoms. The fourth-order valence-electron chi connectivity index (χ4n) is 4.39. The minimum absolute atomic E-state index is 0.212. The lowest BCUT2D eigenvalue weighted by atomic mass is 9.89. The van der Waals surface area contributed by atoms with Crippen LogP contribution in [0.4, 0.5) is 0 Å². The Morgan fingerprint density at radius 2 is 1.60 bits per heavy atom. The molecule has 1 N–H and O–H groups in total. The van der Waals surface area contributed by atoms with E-state index in [4.69, 9.17) is 23.7 Å². The van der Waals surface area contributed by atoms with Gasteiger partial charge < -0.3 is 28.8 Å². The van der Waals surface area contributed by atoms with E-state index in [0.717, 1.165) is 53.7 Å². The standard InChI is InChI=1S/C24H32O6/c1-7-9-15-13-17(26-3)20-16(30-8-2)11-10-14-12-18(27-4)23(28-5)24(29-6)19(14)21(20)22(15)25/h12-13,16,25H,7-11H2,1-6H3/t16-/m1/s1. The van der Waals surface area contributed by atoms with Gasteiger partial charge in [-0.1, -0.05) is 13.3 Å². The van der Waals surface area contributed by atoms with E-state index in [-0.39, 0.29) is 11.9 Å². The average Bonchev–Trinajstić information content (AvgIpc) is 2.92. The lowest BCUT2D eigenvalue weighted by Gasteiger charge is -2.24. The number of phenols is 1. The van der Waals surface area contributed by atoms with Crippen molar-refractivity contribution in [3.8, 4) is 39.9 Å². The molecule has 0 saturated carbocycles. The molecule has 6 heteroatoms. The van der Waals surface area contributed by atoms with Crippen LogP contribution in [0.5, 0.6) is 28.7 Å². The number of aromatic hydroxyl groups is 1. The van der Waals surface area contributed by atoms with Crippen LogP contribution in [0.15, 0.2) is 12.1 Å². The number of hydrogen-bond acceptors (Lipinski definition) is 6. The summed E-state index contributed by atoms with van der Waals surface area (Å²) in [6, 6.07) is 3.90. The minimum atomic E-state index is -0.212. The normalized spacial score (nSPS) is 15.1. The zero-order valence-electron chi connectivity index (χ0n) is 18.8. The average molecular weight is 417 g/mol. The van der Waals surface area contributed by atoms with Crippen molar-refractivity contribution in [3.05, 3.63) is 28.8 Å². The summed E-state index contributed by atoms with van der Waals surface area (Å²) in [5.41, 5.74) is 4.20. The largest absolute Gasteiger partial charge is 0.507 e. The van der Waals surface area contributed by atoms with E-state index in [1.165, 1.54) is 0 Å². The van der Waals surface area contributed by atoms with Crippen molar-refractivity contribution in [2.45, 2.75) is 45.6 Å². The quantitative estimate of drug-likeness (QED) is 0.648. The topological polar surface area (TPSA) is 66.4 Å². The molecule has 0 aromatic heterocycles. The first-order valence-electron chi connectivity index (χ1n) is 10.4. The number of hydrogen-bond donors (Lipinski definition) is 1. The van der Waals surface area contributed by atoms with E-state index in [1.807, 2.05) is 19.1 Å². The first kappa shape index (κ1) is 22.1. The fourth-order valence-corrected chi connectivity index (χ4v) is 4.39. The van der Waals surface area contributed by atoms with Crippen molar-refractivity contribution in [3.63, 3.8) is 0 Å². The van der Waals surface area contributed by atoms with Crippen molar-refractivity contribution in [1.82, 2.24) is 0 Å². The van der Waals surface area contributed by atoms with Crippen LogP contribution in [0, 0.1) is 0 Å². The Balaban J connectivity index is 2.47. The summed E-state index contributed by atoms with van der Waals surface area (Å²) in [6.07, 6.45) is 2.91. The van der Waals surface area contributed by atoms with E-state index in [1.54, 1.807) is 28.4 Å². The van der Waals surface area contributed by atoms with Gasteiger partial charge in [-0.2, -0.15) is 0 Å². The second-order valence-corrected chi connectivity index (χ2v) is 7.29. The van der Waals surface area contributed by atoms with Gasteiger partial charge in [0.2, 0.25) is 5.75 Å². The van der Waals surface area contributed by atoms with Gasteiger partial charge in [0.15, 0.2) is 11.5 Å². The summed E-state index contributed by atoms with van der Waals surface area (Å²) >= 11 is 0. The first-order chi connectivity index (χ1) is 14.6. The molecule has 0 aliphatic heterocycles. The Hall–Kier alpha value is -2.60. The highest BCUT2D eigenvalue weighted by Gasteiger charge is 2.34. The van der Waals surface area contributed by atoms with Crippen LogP contribution in [0.25, 0.3) is 11.1 Å². The van der Waals surface area contributed by atoms with Gasteiger partial charge in [-0.25, -0.2) is 0 Å². The SMILES string of the molecule is CCCc1cc(OC)c2c(c1O)-c1c(cc(OC)c(OC)c1OC)CC[C@H]2OCC. The zero-order valence-corrected chi connectivity index (χ0v) is 18.8. The summed E-state index contributed by atoms with van der Waals surface area (Å²) in [6.45, 7) is 4.62. The lowest BCUT2D eigenvalue weighted by molar-refractivity contribution is 0.0555. The summed E-state index contributed by atoms with van der Waals surface area (Å²) in [7, 11) is 6.45. The Morgan fingerprint density at radius 3 is 2.17 bits per heavy atom. The lowest BCUT2D eigenvalue weighted by Crippen LogP contribution is -2.08. The number of rotatable bonds is 8. The smallest absolute Gasteiger partial charge is 0.203 e. The maximum atomic E-state index is 11.4. The molecule has 0 saturated heterocycles. The fraction of sp³-hybridized carbons (Fsp3) is 0.500. The third-order valence-electron chi connectivity index (χ3n) is 5.65. The summed E-state index contributed by atoms with van der Waals surface area (Å²) < 4.78 is 28.9. The predicted molar refractivity (Wildman–Crippen MR) is 116 cm³/mol. The molecule has 6 nitrogen and oxygen atoms in total. The molecule has 1 atom stereocenters. The number of ether oxygens (including phenoxy) is 5. The first-order valence-corrected chi connectivity index (χ1v) is 10.4. The van der Waals surface area contributed by atoms with Gasteiger partial charge in [-0.3, -0.25) is 0 Å². The Morgan fingerprint density at radius 1 is 0.900 bits per heavy atom. The molecule has 0 amide bonds. The molecule has 0 spiro atoms. The van der Waals surface area contributed by atoms with Gasteiger partial charge in [-0.15, -0.1) is 0 Å². The van der Waals surface area contributed by atoms with Gasteiger partial charge in [0.05, 0.1) is 34.5 Å². The number of phenolic OH excluding ortho intramolecular Hbond substituents is 1. The molecule has 1 aliphatic rings. The number of fused-ring (bicyclic) bond motifs is 3. The molecule has 0 radical (unpaired) electrons. The van der Waals surface area contributed by atoms with E-state index < -0.39 is 0 Å². The van der Waals surface area contributed by atoms with E-state index in [9.17, 15) is 5.11 Å². The Labute approximate surface area is 178 Å². The monoisotopic (exact) mass is 416 g/mol. The molecule has 0 unspecified atom stereocenters. The highest BCUT2D eigenvalue weighted by molar-refractivity contribution is 5.88. The van der Waals surface area contributed by atoms with Crippen molar-refractivity contribution < 1.29 is 28.8 Å². The van der Waals surface area contributed by atoms with Crippen LogP contribution in [-0.4, -0.2) is 40.2 Å². The van der Waals surface area contributed by atoms with Crippen LogP contribution in [0.2, 0.25) is 0 Å². The molecule has 2 aromatic carbocycles. The van der Waals surface area contributed by atoms with E-state index in [2.05, 4.69) is 6.92 Å². The molecule has 3 rings (SSSR count). The predicted octanol–water partition coefficient (Wildman–Crippen LogP) is 5.07. The summed E-state index contributed by atoms with van der Waals surface area (Å²) in [5, 5.41) is 11.4. The molecule has 0 heterocycles. The summed E-state index contributed by atoms with van der Waals surface area (Å²) in [4.78, 5) is 0. The van der Waals surface area contributed by atoms with Crippen LogP contribution in [-0.2, 0) is 17.6 Å². The van der Waals surface area contributed by atoms with Gasteiger partial charge in [0.1, 0.15) is 11.5 Å². The Kier molecular flexibility index (Phi) is 6.98. The highest BCUT2D eigenvalue weighted by atomic mass is 16.5. The van der Waals surface area contributed by atoms with Gasteiger partial charge in [-0.05, 0) is 49.4 Å². The maximum absolute atomic E-state index is 11.4. The minimum Gasteiger partial charge on any atom is -0.507 e. The van der Waals surface area contributed by atoms with Gasteiger partial charge in [0.25, 0.3) is 0 Å². The number of aryl methyl sites for hydroxylation is 2. The van der Waals surface area contributed by atoms with Crippen LogP contribution in [0.3, 0.4) is 0 Å². The molecule has 0 bridgehead atoms. The third kappa shape index (κ3) is 3.65. The van der Waals surface area contributed by atoms with Crippen molar-refractivity contribution >= 4 is 0 Å². The van der Waals surface area contributed by atoms with Crippen molar-refractivity contribution in [2.75, 3.05) is 35.0 Å². The molecular weight excluding hydrogens is 384 g/mol. The second kappa shape index (κ2) is 9.47. The van der Waals surface area contributed by atoms with Crippen LogP contribution >= 0.6 is 0 Å². The molecule has 164 valence electrons. The van der Waals surface area contributed by atoms with Gasteiger partial charge in [0, 0.05) is 23.3 Å². The summed E-state index contributed by atoms with van der Waals surface area (Å²) in [5.74, 6) is 2.59. The number of benzene rings is 2. The Bertz CT molecular complexity index is 906. The zero-order chi connectivity index (χ0) is 21.8. The van der Waals surface area contributed by atoms with Crippen LogP contribution in [0.1, 0.15) is 49.5 Å². The maximum Gasteiger partial charge on any atom is 0.203 e. The molecule has 0 fully saturated rings. The molecular formula is C24H32O6. The van der Waals surface area contributed by atoms with Crippen LogP contribution < -0.4 is 18.9 Å². The third-order valence-corrected chi connectivity index (χ3v) is 5.65. The highest BCUT2D eigenvalue weighted by Crippen LogP contribution is 2.55. The number of methoxy groups -OCH3 is 4. The van der Waals surface area contributed by atoms with Gasteiger partial charge >= 0.3 is 0 Å². The van der Waals surface area contributed by atoms with Crippen molar-refractivity contribution in [1.29, 1.82) is 0 Å². The van der Waals surface area contributed by atoms with E-state index in [0.29, 0.717) is 29.4 Å². The van der Waals surface area contributed by atoms with Crippen molar-refractivity contribution in [2.24, 2.45) is 0 Å². The molecule has 2 aromatic rings. The second-order valence-electron chi connectivity index (χ2n) is 7.29.